The van der Waals surface area contributed by atoms with E-state index in [4.69, 9.17) is 16.3 Å². The Kier molecular flexibility index (Phi) is 8.52. The van der Waals surface area contributed by atoms with E-state index >= 15 is 0 Å². The van der Waals surface area contributed by atoms with Gasteiger partial charge in [0.15, 0.2) is 0 Å². The molecule has 30 heavy (non-hydrogen) atoms. The molecule has 1 saturated heterocycles. The van der Waals surface area contributed by atoms with Crippen molar-refractivity contribution >= 4 is 40.4 Å². The Morgan fingerprint density at radius 1 is 1.23 bits per heavy atom. The summed E-state index contributed by atoms with van der Waals surface area (Å²) in [4.78, 5) is 28.8. The van der Waals surface area contributed by atoms with E-state index < -0.39 is 0 Å². The number of ether oxygens (including phenoxy) is 1. The number of carbonyl (C=O) groups is 2. The van der Waals surface area contributed by atoms with Crippen molar-refractivity contribution in [1.82, 2.24) is 25.3 Å². The van der Waals surface area contributed by atoms with E-state index in [1.807, 2.05) is 0 Å². The van der Waals surface area contributed by atoms with E-state index in [-0.39, 0.29) is 30.0 Å². The number of benzene rings is 1. The van der Waals surface area contributed by atoms with Crippen molar-refractivity contribution in [1.29, 1.82) is 0 Å². The molecule has 0 atom stereocenters. The third-order valence-corrected chi connectivity index (χ3v) is 5.68. The molecular formula is C19H25ClN6O3S. The van der Waals surface area contributed by atoms with E-state index in [1.54, 1.807) is 24.3 Å². The number of aromatic nitrogens is 2. The van der Waals surface area contributed by atoms with Crippen molar-refractivity contribution in [2.75, 3.05) is 58.2 Å². The van der Waals surface area contributed by atoms with Crippen LogP contribution in [0.3, 0.4) is 0 Å². The highest BCUT2D eigenvalue weighted by molar-refractivity contribution is 7.13. The highest BCUT2D eigenvalue weighted by Crippen LogP contribution is 2.17. The SMILES string of the molecule is CN1CCN(CCNC(=O)COCc2nnc(C(=O)Nc3cccc(Cl)c3)s2)CC1. The average molecular weight is 453 g/mol. The normalized spacial score (nSPS) is 15.1. The highest BCUT2D eigenvalue weighted by atomic mass is 35.5. The van der Waals surface area contributed by atoms with Crippen LogP contribution in [0.4, 0.5) is 5.69 Å². The van der Waals surface area contributed by atoms with Crippen LogP contribution in [0.2, 0.25) is 5.02 Å². The monoisotopic (exact) mass is 452 g/mol. The number of likely N-dealkylation sites (N-methyl/N-ethyl adjacent to an activating group) is 1. The van der Waals surface area contributed by atoms with Gasteiger partial charge >= 0.3 is 0 Å². The smallest absolute Gasteiger partial charge is 0.286 e. The van der Waals surface area contributed by atoms with E-state index in [9.17, 15) is 9.59 Å². The van der Waals surface area contributed by atoms with Gasteiger partial charge in [-0.2, -0.15) is 0 Å². The molecule has 2 aromatic rings. The summed E-state index contributed by atoms with van der Waals surface area (Å²) in [7, 11) is 2.11. The second-order valence-electron chi connectivity index (χ2n) is 6.95. The lowest BCUT2D eigenvalue weighted by Gasteiger charge is -2.32. The van der Waals surface area contributed by atoms with Crippen LogP contribution in [-0.4, -0.2) is 84.7 Å². The fourth-order valence-corrected chi connectivity index (χ4v) is 3.72. The van der Waals surface area contributed by atoms with Crippen LogP contribution in [0.25, 0.3) is 0 Å². The van der Waals surface area contributed by atoms with Gasteiger partial charge < -0.3 is 20.3 Å². The fraction of sp³-hybridized carbons (Fsp3) is 0.474. The van der Waals surface area contributed by atoms with Crippen LogP contribution in [0.5, 0.6) is 0 Å². The maximum absolute atomic E-state index is 12.2. The first-order chi connectivity index (χ1) is 14.5. The lowest BCUT2D eigenvalue weighted by atomic mass is 10.3. The van der Waals surface area contributed by atoms with Gasteiger partial charge in [0.25, 0.3) is 5.91 Å². The van der Waals surface area contributed by atoms with Crippen molar-refractivity contribution in [3.63, 3.8) is 0 Å². The summed E-state index contributed by atoms with van der Waals surface area (Å²) in [6.45, 7) is 5.64. The third-order valence-electron chi connectivity index (χ3n) is 4.55. The first-order valence-corrected chi connectivity index (χ1v) is 10.8. The molecule has 0 aliphatic carbocycles. The minimum Gasteiger partial charge on any atom is -0.364 e. The summed E-state index contributed by atoms with van der Waals surface area (Å²) >= 11 is 7.03. The fourth-order valence-electron chi connectivity index (χ4n) is 2.86. The predicted octanol–water partition coefficient (Wildman–Crippen LogP) is 1.32. The van der Waals surface area contributed by atoms with Crippen molar-refractivity contribution in [2.24, 2.45) is 0 Å². The summed E-state index contributed by atoms with van der Waals surface area (Å²) in [6, 6.07) is 6.84. The molecule has 0 unspecified atom stereocenters. The largest absolute Gasteiger partial charge is 0.364 e. The van der Waals surface area contributed by atoms with Gasteiger partial charge in [0.2, 0.25) is 10.9 Å². The molecule has 1 fully saturated rings. The van der Waals surface area contributed by atoms with Crippen molar-refractivity contribution in [2.45, 2.75) is 6.61 Å². The molecule has 2 N–H and O–H groups in total. The molecule has 1 aliphatic heterocycles. The van der Waals surface area contributed by atoms with Gasteiger partial charge in [-0.25, -0.2) is 0 Å². The number of piperazine rings is 1. The molecule has 0 saturated carbocycles. The van der Waals surface area contributed by atoms with Gasteiger partial charge in [0.05, 0.1) is 0 Å². The summed E-state index contributed by atoms with van der Waals surface area (Å²) < 4.78 is 5.39. The number of hydrogen-bond donors (Lipinski definition) is 2. The van der Waals surface area contributed by atoms with Gasteiger partial charge in [-0.05, 0) is 25.2 Å². The van der Waals surface area contributed by atoms with Crippen molar-refractivity contribution < 1.29 is 14.3 Å². The highest BCUT2D eigenvalue weighted by Gasteiger charge is 2.15. The molecule has 162 valence electrons. The quantitative estimate of drug-likeness (QED) is 0.592. The van der Waals surface area contributed by atoms with Crippen molar-refractivity contribution in [3.8, 4) is 0 Å². The Labute approximate surface area is 184 Å². The van der Waals surface area contributed by atoms with Crippen LogP contribution < -0.4 is 10.6 Å². The third kappa shape index (κ3) is 7.29. The Morgan fingerprint density at radius 2 is 2.03 bits per heavy atom. The van der Waals surface area contributed by atoms with Gasteiger partial charge in [0.1, 0.15) is 18.2 Å². The number of rotatable bonds is 9. The number of hydrogen-bond acceptors (Lipinski definition) is 8. The molecule has 1 aromatic heterocycles. The van der Waals surface area contributed by atoms with E-state index in [1.165, 1.54) is 0 Å². The number of anilines is 1. The molecule has 3 rings (SSSR count). The van der Waals surface area contributed by atoms with E-state index in [2.05, 4.69) is 37.7 Å². The summed E-state index contributed by atoms with van der Waals surface area (Å²) in [5.41, 5.74) is 0.578. The van der Waals surface area contributed by atoms with Crippen LogP contribution in [0.1, 0.15) is 14.8 Å². The van der Waals surface area contributed by atoms with Crippen molar-refractivity contribution in [3.05, 3.63) is 39.3 Å². The minimum absolute atomic E-state index is 0.0631. The lowest BCUT2D eigenvalue weighted by molar-refractivity contribution is -0.126. The number of nitrogens with zero attached hydrogens (tertiary/aromatic N) is 4. The number of nitrogens with one attached hydrogen (secondary N) is 2. The van der Waals surface area contributed by atoms with Crippen LogP contribution in [-0.2, 0) is 16.1 Å². The molecule has 0 bridgehead atoms. The first kappa shape index (κ1) is 22.6. The average Bonchev–Trinajstić information content (AvgIpc) is 3.19. The van der Waals surface area contributed by atoms with Gasteiger partial charge in [-0.3, -0.25) is 14.5 Å². The Morgan fingerprint density at radius 3 is 2.80 bits per heavy atom. The number of amides is 2. The van der Waals surface area contributed by atoms with Gasteiger partial charge in [-0.1, -0.05) is 29.0 Å². The molecule has 1 aliphatic rings. The molecular weight excluding hydrogens is 428 g/mol. The van der Waals surface area contributed by atoms with Crippen LogP contribution >= 0.6 is 22.9 Å². The Hall–Kier alpha value is -2.11. The maximum atomic E-state index is 12.2. The minimum atomic E-state index is -0.373. The molecule has 11 heteroatoms. The second-order valence-corrected chi connectivity index (χ2v) is 8.45. The van der Waals surface area contributed by atoms with Gasteiger partial charge in [0, 0.05) is 50.0 Å². The zero-order valence-electron chi connectivity index (χ0n) is 16.8. The van der Waals surface area contributed by atoms with Crippen LogP contribution in [0.15, 0.2) is 24.3 Å². The number of carbonyl (C=O) groups excluding carboxylic acids is 2. The van der Waals surface area contributed by atoms with Crippen LogP contribution in [0, 0.1) is 0 Å². The van der Waals surface area contributed by atoms with Gasteiger partial charge in [-0.15, -0.1) is 10.2 Å². The zero-order valence-corrected chi connectivity index (χ0v) is 18.3. The topological polar surface area (TPSA) is 99.7 Å². The summed E-state index contributed by atoms with van der Waals surface area (Å²) in [6.07, 6.45) is 0. The molecule has 1 aromatic carbocycles. The lowest BCUT2D eigenvalue weighted by Crippen LogP contribution is -2.47. The Balaban J connectivity index is 1.33. The summed E-state index contributed by atoms with van der Waals surface area (Å²) in [5, 5.41) is 14.6. The molecule has 2 heterocycles. The number of halogens is 1. The second kappa shape index (κ2) is 11.3. The molecule has 0 radical (unpaired) electrons. The maximum Gasteiger partial charge on any atom is 0.286 e. The summed E-state index contributed by atoms with van der Waals surface area (Å²) in [5.74, 6) is -0.546. The standard InChI is InChI=1S/C19H25ClN6O3S/c1-25-7-9-26(10-8-25)6-5-21-16(27)12-29-13-17-23-24-19(30-17)18(28)22-15-4-2-3-14(20)11-15/h2-4,11H,5-10,12-13H2,1H3,(H,21,27)(H,22,28). The molecule has 0 spiro atoms. The van der Waals surface area contributed by atoms with E-state index in [0.717, 1.165) is 44.1 Å². The van der Waals surface area contributed by atoms with E-state index in [0.29, 0.717) is 22.3 Å². The Bertz CT molecular complexity index is 856. The first-order valence-electron chi connectivity index (χ1n) is 9.64. The predicted molar refractivity (Wildman–Crippen MR) is 116 cm³/mol. The molecule has 9 nitrogen and oxygen atoms in total. The molecule has 2 amide bonds. The zero-order chi connectivity index (χ0) is 21.3.